The van der Waals surface area contributed by atoms with Gasteiger partial charge in [0.1, 0.15) is 0 Å². The summed E-state index contributed by atoms with van der Waals surface area (Å²) >= 11 is 0. The number of aryl methyl sites for hydroxylation is 1. The van der Waals surface area contributed by atoms with Crippen molar-refractivity contribution in [1.82, 2.24) is 0 Å². The van der Waals surface area contributed by atoms with Gasteiger partial charge in [-0.05, 0) is 55.6 Å². The van der Waals surface area contributed by atoms with Gasteiger partial charge in [-0.25, -0.2) is 0 Å². The third kappa shape index (κ3) is 6.17. The van der Waals surface area contributed by atoms with Gasteiger partial charge in [0.05, 0.1) is 6.10 Å². The maximum atomic E-state index is 12.5. The van der Waals surface area contributed by atoms with E-state index in [-0.39, 0.29) is 6.42 Å². The molecule has 0 atom stereocenters. The Balaban J connectivity index is 1.90. The van der Waals surface area contributed by atoms with Gasteiger partial charge in [-0.2, -0.15) is 13.2 Å². The van der Waals surface area contributed by atoms with Crippen LogP contribution in [0, 0.1) is 0 Å². The zero-order valence-electron chi connectivity index (χ0n) is 13.9. The molecule has 0 radical (unpaired) electrons. The molecular weight excluding hydrogens is 301 g/mol. The summed E-state index contributed by atoms with van der Waals surface area (Å²) < 4.78 is 43.4. The van der Waals surface area contributed by atoms with Crippen LogP contribution in [0.1, 0.15) is 68.9 Å². The van der Waals surface area contributed by atoms with Gasteiger partial charge < -0.3 is 4.74 Å². The highest BCUT2D eigenvalue weighted by atomic mass is 19.4. The summed E-state index contributed by atoms with van der Waals surface area (Å²) in [6, 6.07) is 7.64. The Labute approximate surface area is 137 Å². The Bertz CT molecular complexity index is 462. The minimum absolute atomic E-state index is 0.0899. The number of alkyl halides is 3. The SMILES string of the molecule is CCCCOC1CCC(c2ccccc2CCC(F)(F)F)CC1. The van der Waals surface area contributed by atoms with Crippen LogP contribution in [0.3, 0.4) is 0 Å². The van der Waals surface area contributed by atoms with Gasteiger partial charge in [-0.15, -0.1) is 0 Å². The fourth-order valence-corrected chi connectivity index (χ4v) is 3.37. The normalized spacial score (nSPS) is 22.3. The van der Waals surface area contributed by atoms with E-state index in [0.29, 0.717) is 12.0 Å². The van der Waals surface area contributed by atoms with E-state index in [1.807, 2.05) is 24.3 Å². The molecule has 0 aliphatic heterocycles. The molecule has 1 aliphatic rings. The largest absolute Gasteiger partial charge is 0.389 e. The topological polar surface area (TPSA) is 9.23 Å². The van der Waals surface area contributed by atoms with Crippen LogP contribution in [0.5, 0.6) is 0 Å². The molecule has 2 rings (SSSR count). The third-order valence-electron chi connectivity index (χ3n) is 4.70. The Hall–Kier alpha value is -1.03. The molecule has 1 aromatic rings. The summed E-state index contributed by atoms with van der Waals surface area (Å²) in [5, 5.41) is 0. The second kappa shape index (κ2) is 8.72. The molecule has 23 heavy (non-hydrogen) atoms. The second-order valence-corrected chi connectivity index (χ2v) is 6.51. The van der Waals surface area contributed by atoms with Crippen molar-refractivity contribution in [3.8, 4) is 0 Å². The standard InChI is InChI=1S/C19H27F3O/c1-2-3-14-23-17-10-8-16(9-11-17)18-7-5-4-6-15(18)12-13-19(20,21)22/h4-7,16-17H,2-3,8-14H2,1H3. The number of unbranched alkanes of at least 4 members (excludes halogenated alkanes) is 1. The van der Waals surface area contributed by atoms with E-state index in [1.54, 1.807) is 0 Å². The number of halogens is 3. The monoisotopic (exact) mass is 328 g/mol. The molecule has 0 unspecified atom stereocenters. The van der Waals surface area contributed by atoms with Gasteiger partial charge >= 0.3 is 6.18 Å². The summed E-state index contributed by atoms with van der Waals surface area (Å²) in [5.41, 5.74) is 1.98. The highest BCUT2D eigenvalue weighted by molar-refractivity contribution is 5.31. The fraction of sp³-hybridized carbons (Fsp3) is 0.684. The zero-order valence-corrected chi connectivity index (χ0v) is 13.9. The van der Waals surface area contributed by atoms with Gasteiger partial charge in [-0.3, -0.25) is 0 Å². The number of rotatable bonds is 7. The van der Waals surface area contributed by atoms with E-state index >= 15 is 0 Å². The van der Waals surface area contributed by atoms with Crippen LogP contribution in [0.2, 0.25) is 0 Å². The first-order valence-electron chi connectivity index (χ1n) is 8.75. The van der Waals surface area contributed by atoms with Gasteiger partial charge in [0, 0.05) is 13.0 Å². The maximum Gasteiger partial charge on any atom is 0.389 e. The van der Waals surface area contributed by atoms with Crippen molar-refractivity contribution in [1.29, 1.82) is 0 Å². The van der Waals surface area contributed by atoms with Gasteiger partial charge in [0.2, 0.25) is 0 Å². The Kier molecular flexibility index (Phi) is 6.94. The first-order chi connectivity index (χ1) is 11.0. The predicted molar refractivity (Wildman–Crippen MR) is 86.7 cm³/mol. The fourth-order valence-electron chi connectivity index (χ4n) is 3.37. The van der Waals surface area contributed by atoms with E-state index in [2.05, 4.69) is 6.92 Å². The van der Waals surface area contributed by atoms with Crippen LogP contribution in [0.4, 0.5) is 13.2 Å². The van der Waals surface area contributed by atoms with Gasteiger partial charge in [0.15, 0.2) is 0 Å². The highest BCUT2D eigenvalue weighted by Gasteiger charge is 2.28. The second-order valence-electron chi connectivity index (χ2n) is 6.51. The van der Waals surface area contributed by atoms with E-state index < -0.39 is 12.6 Å². The highest BCUT2D eigenvalue weighted by Crippen LogP contribution is 2.36. The van der Waals surface area contributed by atoms with Crippen molar-refractivity contribution < 1.29 is 17.9 Å². The van der Waals surface area contributed by atoms with E-state index in [4.69, 9.17) is 4.74 Å². The molecule has 0 amide bonds. The summed E-state index contributed by atoms with van der Waals surface area (Å²) in [7, 11) is 0. The zero-order chi connectivity index (χ0) is 16.7. The van der Waals surface area contributed by atoms with Crippen molar-refractivity contribution in [3.05, 3.63) is 35.4 Å². The molecule has 1 saturated carbocycles. The molecule has 1 aromatic carbocycles. The molecule has 1 nitrogen and oxygen atoms in total. The summed E-state index contributed by atoms with van der Waals surface area (Å²) in [6.45, 7) is 2.98. The van der Waals surface area contributed by atoms with E-state index in [0.717, 1.165) is 56.3 Å². The smallest absolute Gasteiger partial charge is 0.378 e. The lowest BCUT2D eigenvalue weighted by Crippen LogP contribution is -2.22. The number of ether oxygens (including phenoxy) is 1. The van der Waals surface area contributed by atoms with Crippen molar-refractivity contribution in [2.24, 2.45) is 0 Å². The summed E-state index contributed by atoms with van der Waals surface area (Å²) in [6.07, 6.45) is 1.90. The van der Waals surface area contributed by atoms with Crippen LogP contribution in [-0.2, 0) is 11.2 Å². The van der Waals surface area contributed by atoms with Crippen LogP contribution in [0.25, 0.3) is 0 Å². The van der Waals surface area contributed by atoms with Crippen LogP contribution in [-0.4, -0.2) is 18.9 Å². The molecule has 4 heteroatoms. The quantitative estimate of drug-likeness (QED) is 0.556. The average molecular weight is 328 g/mol. The van der Waals surface area contributed by atoms with Crippen LogP contribution < -0.4 is 0 Å². The average Bonchev–Trinajstić information content (AvgIpc) is 2.53. The Morgan fingerprint density at radius 2 is 1.78 bits per heavy atom. The lowest BCUT2D eigenvalue weighted by molar-refractivity contribution is -0.134. The van der Waals surface area contributed by atoms with Crippen molar-refractivity contribution in [2.75, 3.05) is 6.61 Å². The predicted octanol–water partition coefficient (Wildman–Crippen LogP) is 6.02. The lowest BCUT2D eigenvalue weighted by Gasteiger charge is -2.30. The van der Waals surface area contributed by atoms with Crippen LogP contribution in [0.15, 0.2) is 24.3 Å². The molecule has 130 valence electrons. The summed E-state index contributed by atoms with van der Waals surface area (Å²) in [5.74, 6) is 0.380. The Morgan fingerprint density at radius 3 is 2.43 bits per heavy atom. The van der Waals surface area contributed by atoms with E-state index in [9.17, 15) is 13.2 Å². The third-order valence-corrected chi connectivity index (χ3v) is 4.70. The van der Waals surface area contributed by atoms with Crippen molar-refractivity contribution >= 4 is 0 Å². The number of benzene rings is 1. The molecule has 1 aliphatic carbocycles. The van der Waals surface area contributed by atoms with Crippen molar-refractivity contribution in [3.63, 3.8) is 0 Å². The molecule has 0 saturated heterocycles. The van der Waals surface area contributed by atoms with E-state index in [1.165, 1.54) is 0 Å². The molecule has 0 bridgehead atoms. The summed E-state index contributed by atoms with van der Waals surface area (Å²) in [4.78, 5) is 0. The first kappa shape index (κ1) is 18.3. The number of hydrogen-bond donors (Lipinski definition) is 0. The molecule has 0 spiro atoms. The minimum atomic E-state index is -4.09. The lowest BCUT2D eigenvalue weighted by atomic mass is 9.80. The molecule has 0 aromatic heterocycles. The van der Waals surface area contributed by atoms with Gasteiger partial charge in [0.25, 0.3) is 0 Å². The Morgan fingerprint density at radius 1 is 1.09 bits per heavy atom. The van der Waals surface area contributed by atoms with Crippen LogP contribution >= 0.6 is 0 Å². The van der Waals surface area contributed by atoms with Gasteiger partial charge in [-0.1, -0.05) is 37.6 Å². The minimum Gasteiger partial charge on any atom is -0.378 e. The molecular formula is C19H27F3O. The number of hydrogen-bond acceptors (Lipinski definition) is 1. The first-order valence-corrected chi connectivity index (χ1v) is 8.75. The molecule has 0 N–H and O–H groups in total. The maximum absolute atomic E-state index is 12.5. The molecule has 0 heterocycles. The molecule has 1 fully saturated rings. The van der Waals surface area contributed by atoms with Crippen molar-refractivity contribution in [2.45, 2.75) is 76.5 Å².